The van der Waals surface area contributed by atoms with Crippen LogP contribution in [-0.2, 0) is 14.3 Å². The highest BCUT2D eigenvalue weighted by molar-refractivity contribution is 6.25. The minimum Gasteiger partial charge on any atom is -0.376 e. The van der Waals surface area contributed by atoms with E-state index in [4.69, 9.17) is 4.74 Å². The first-order valence-electron chi connectivity index (χ1n) is 13.2. The Morgan fingerprint density at radius 1 is 0.923 bits per heavy atom. The van der Waals surface area contributed by atoms with Gasteiger partial charge in [-0.05, 0) is 41.2 Å². The average Bonchev–Trinajstić information content (AvgIpc) is 3.57. The van der Waals surface area contributed by atoms with E-state index in [2.05, 4.69) is 5.32 Å². The first kappa shape index (κ1) is 23.7. The second-order valence-corrected chi connectivity index (χ2v) is 10.6. The van der Waals surface area contributed by atoms with Gasteiger partial charge in [0.15, 0.2) is 0 Å². The smallest absolute Gasteiger partial charge is 0.271 e. The summed E-state index contributed by atoms with van der Waals surface area (Å²) in [4.78, 5) is 53.7. The van der Waals surface area contributed by atoms with Gasteiger partial charge in [-0.3, -0.25) is 24.5 Å². The normalized spacial score (nSPS) is 26.3. The van der Waals surface area contributed by atoms with Gasteiger partial charge < -0.3 is 10.1 Å². The van der Waals surface area contributed by atoms with Gasteiger partial charge in [0.25, 0.3) is 11.6 Å². The maximum absolute atomic E-state index is 14.2. The van der Waals surface area contributed by atoms with Crippen LogP contribution in [0.5, 0.6) is 0 Å². The summed E-state index contributed by atoms with van der Waals surface area (Å²) in [6, 6.07) is 19.5. The summed E-state index contributed by atoms with van der Waals surface area (Å²) in [6.45, 7) is 0.910. The number of carbonyl (C=O) groups is 3. The lowest BCUT2D eigenvalue weighted by molar-refractivity contribution is -0.384. The zero-order chi connectivity index (χ0) is 26.8. The number of hydrogen-bond donors (Lipinski definition) is 1. The van der Waals surface area contributed by atoms with Crippen molar-refractivity contribution in [2.45, 2.75) is 30.8 Å². The maximum Gasteiger partial charge on any atom is 0.271 e. The molecular weight excluding hydrogens is 498 g/mol. The molecule has 2 aliphatic heterocycles. The molecule has 5 aliphatic rings. The Hall–Kier alpha value is -4.37. The van der Waals surface area contributed by atoms with Crippen LogP contribution in [0, 0.1) is 22.0 Å². The first-order valence-corrected chi connectivity index (χ1v) is 13.2. The molecule has 9 nitrogen and oxygen atoms in total. The lowest BCUT2D eigenvalue weighted by Gasteiger charge is -2.45. The lowest BCUT2D eigenvalue weighted by Crippen LogP contribution is -2.41. The molecule has 196 valence electrons. The number of nitrogens with zero attached hydrogens (tertiary/aromatic N) is 2. The van der Waals surface area contributed by atoms with Gasteiger partial charge in [-0.25, -0.2) is 4.90 Å². The quantitative estimate of drug-likeness (QED) is 0.308. The van der Waals surface area contributed by atoms with Crippen molar-refractivity contribution >= 4 is 29.1 Å². The van der Waals surface area contributed by atoms with Gasteiger partial charge in [0.1, 0.15) is 0 Å². The summed E-state index contributed by atoms with van der Waals surface area (Å²) in [5, 5.41) is 14.5. The van der Waals surface area contributed by atoms with E-state index in [0.29, 0.717) is 6.61 Å². The number of hydrogen-bond acceptors (Lipinski definition) is 6. The number of non-ortho nitro benzene ring substituents is 1. The van der Waals surface area contributed by atoms with E-state index in [1.165, 1.54) is 12.1 Å². The molecule has 1 N–H and O–H groups in total. The van der Waals surface area contributed by atoms with Crippen molar-refractivity contribution in [3.8, 4) is 0 Å². The van der Waals surface area contributed by atoms with Gasteiger partial charge in [0, 0.05) is 37.1 Å². The van der Waals surface area contributed by atoms with E-state index < -0.39 is 34.5 Å². The molecule has 39 heavy (non-hydrogen) atoms. The summed E-state index contributed by atoms with van der Waals surface area (Å²) in [5.74, 6) is -3.33. The van der Waals surface area contributed by atoms with Crippen molar-refractivity contribution in [3.05, 3.63) is 105 Å². The summed E-state index contributed by atoms with van der Waals surface area (Å²) in [6.07, 6.45) is 1.63. The summed E-state index contributed by atoms with van der Waals surface area (Å²) in [5.41, 5.74) is 3.80. The summed E-state index contributed by atoms with van der Waals surface area (Å²) < 4.78 is 5.59. The molecule has 2 heterocycles. The first-order chi connectivity index (χ1) is 19.0. The number of nitro benzene ring substituents is 1. The van der Waals surface area contributed by atoms with Crippen LogP contribution in [0.15, 0.2) is 66.7 Å². The largest absolute Gasteiger partial charge is 0.376 e. The molecule has 2 saturated heterocycles. The number of nitrogens with one attached hydrogen (secondary N) is 1. The SMILES string of the molecule is O=C(NC[C@@H]1CCCO1)c1ccc([N+](=O)[O-])cc1N1C(=O)[C@H]2C3c4ccccc4C(c4ccccc43)[C@@H]2C1=O. The van der Waals surface area contributed by atoms with Gasteiger partial charge in [-0.2, -0.15) is 0 Å². The van der Waals surface area contributed by atoms with Crippen molar-refractivity contribution in [3.63, 3.8) is 0 Å². The van der Waals surface area contributed by atoms with Crippen molar-refractivity contribution < 1.29 is 24.0 Å². The van der Waals surface area contributed by atoms with Gasteiger partial charge in [0.05, 0.1) is 34.1 Å². The topological polar surface area (TPSA) is 119 Å². The van der Waals surface area contributed by atoms with E-state index in [1.54, 1.807) is 0 Å². The Labute approximate surface area is 223 Å². The monoisotopic (exact) mass is 523 g/mol. The Morgan fingerprint density at radius 2 is 1.49 bits per heavy atom. The molecule has 3 aromatic carbocycles. The molecule has 0 spiro atoms. The Kier molecular flexibility index (Phi) is 5.38. The molecule has 3 atom stereocenters. The second-order valence-electron chi connectivity index (χ2n) is 10.6. The standard InChI is InChI=1S/C30H25N3O6/c34-28(31-15-17-6-5-13-39-17)22-12-11-16(33(37)38)14-23(22)32-29(35)26-24-18-7-1-2-8-19(18)25(27(26)30(32)36)21-10-4-3-9-20(21)24/h1-4,7-12,14,17,24-27H,5-6,13,15H2,(H,31,34)/t17-,24?,25?,26-,27-/m0/s1. The summed E-state index contributed by atoms with van der Waals surface area (Å²) >= 11 is 0. The van der Waals surface area contributed by atoms with Crippen LogP contribution in [0.2, 0.25) is 0 Å². The number of anilines is 1. The predicted molar refractivity (Wildman–Crippen MR) is 140 cm³/mol. The van der Waals surface area contributed by atoms with Crippen LogP contribution in [0.4, 0.5) is 11.4 Å². The zero-order valence-corrected chi connectivity index (χ0v) is 20.9. The van der Waals surface area contributed by atoms with E-state index in [0.717, 1.165) is 46.1 Å². The molecule has 3 aromatic rings. The van der Waals surface area contributed by atoms with Gasteiger partial charge in [0.2, 0.25) is 11.8 Å². The summed E-state index contributed by atoms with van der Waals surface area (Å²) in [7, 11) is 0. The molecule has 9 heteroatoms. The third kappa shape index (κ3) is 3.46. The zero-order valence-electron chi connectivity index (χ0n) is 20.9. The molecule has 0 radical (unpaired) electrons. The van der Waals surface area contributed by atoms with Crippen LogP contribution < -0.4 is 10.2 Å². The highest BCUT2D eigenvalue weighted by atomic mass is 16.6. The Morgan fingerprint density at radius 3 is 1.97 bits per heavy atom. The number of benzene rings is 3. The number of carbonyl (C=O) groups excluding carboxylic acids is 3. The minimum absolute atomic E-state index is 0.0429. The van der Waals surface area contributed by atoms with Crippen LogP contribution in [0.3, 0.4) is 0 Å². The van der Waals surface area contributed by atoms with Gasteiger partial charge >= 0.3 is 0 Å². The lowest BCUT2D eigenvalue weighted by atomic mass is 9.55. The molecule has 3 aliphatic carbocycles. The Balaban J connectivity index is 1.32. The maximum atomic E-state index is 14.2. The third-order valence-corrected chi connectivity index (χ3v) is 8.64. The van der Waals surface area contributed by atoms with Crippen LogP contribution in [0.25, 0.3) is 0 Å². The highest BCUT2D eigenvalue weighted by Gasteiger charge is 2.62. The van der Waals surface area contributed by atoms with E-state index in [-0.39, 0.29) is 41.4 Å². The fraction of sp³-hybridized carbons (Fsp3) is 0.300. The van der Waals surface area contributed by atoms with E-state index in [1.807, 2.05) is 48.5 Å². The predicted octanol–water partition coefficient (Wildman–Crippen LogP) is 3.90. The molecular formula is C30H25N3O6. The van der Waals surface area contributed by atoms with Crippen LogP contribution >= 0.6 is 0 Å². The van der Waals surface area contributed by atoms with Gasteiger partial charge in [-0.15, -0.1) is 0 Å². The number of rotatable bonds is 5. The van der Waals surface area contributed by atoms with Crippen LogP contribution in [-0.4, -0.2) is 41.9 Å². The van der Waals surface area contributed by atoms with Crippen LogP contribution in [0.1, 0.15) is 57.3 Å². The van der Waals surface area contributed by atoms with E-state index in [9.17, 15) is 24.5 Å². The average molecular weight is 524 g/mol. The second kappa shape index (κ2) is 8.84. The highest BCUT2D eigenvalue weighted by Crippen LogP contribution is 2.61. The molecule has 0 unspecified atom stereocenters. The molecule has 0 saturated carbocycles. The molecule has 2 bridgehead atoms. The molecule has 8 rings (SSSR count). The fourth-order valence-corrected chi connectivity index (χ4v) is 7.03. The number of imide groups is 1. The number of ether oxygens (including phenoxy) is 1. The van der Waals surface area contributed by atoms with Crippen molar-refractivity contribution in [1.29, 1.82) is 0 Å². The van der Waals surface area contributed by atoms with E-state index >= 15 is 0 Å². The molecule has 2 fully saturated rings. The van der Waals surface area contributed by atoms with Crippen molar-refractivity contribution in [1.82, 2.24) is 5.32 Å². The number of nitro groups is 1. The van der Waals surface area contributed by atoms with Crippen molar-refractivity contribution in [2.75, 3.05) is 18.1 Å². The van der Waals surface area contributed by atoms with Crippen molar-refractivity contribution in [2.24, 2.45) is 11.8 Å². The molecule has 3 amide bonds. The molecule has 0 aromatic heterocycles. The number of amides is 3. The Bertz CT molecular complexity index is 1450. The third-order valence-electron chi connectivity index (χ3n) is 8.64. The van der Waals surface area contributed by atoms with Gasteiger partial charge in [-0.1, -0.05) is 48.5 Å². The minimum atomic E-state index is -0.658. The fourth-order valence-electron chi connectivity index (χ4n) is 7.03.